The normalized spacial score (nSPS) is 13.3. The van der Waals surface area contributed by atoms with Crippen molar-refractivity contribution in [2.24, 2.45) is 5.73 Å². The van der Waals surface area contributed by atoms with Crippen molar-refractivity contribution < 1.29 is 35.7 Å². The summed E-state index contributed by atoms with van der Waals surface area (Å²) in [5.74, 6) is -1.38. The fourth-order valence-corrected chi connectivity index (χ4v) is 3.81. The Kier molecular flexibility index (Phi) is 5.89. The Hall–Kier alpha value is -3.22. The van der Waals surface area contributed by atoms with Gasteiger partial charge in [0.05, 0.1) is 22.6 Å². The molecule has 0 saturated heterocycles. The first-order valence-electron chi connectivity index (χ1n) is 8.59. The van der Waals surface area contributed by atoms with Gasteiger partial charge in [0.15, 0.2) is 0 Å². The third-order valence-electron chi connectivity index (χ3n) is 4.34. The Morgan fingerprint density at radius 1 is 1.13 bits per heavy atom. The molecule has 3 aromatic rings. The molecule has 3 rings (SSSR count). The van der Waals surface area contributed by atoms with Gasteiger partial charge >= 0.3 is 6.18 Å². The van der Waals surface area contributed by atoms with Gasteiger partial charge in [0.1, 0.15) is 0 Å². The third kappa shape index (κ3) is 4.60. The van der Waals surface area contributed by atoms with Crippen LogP contribution in [0, 0.1) is 0 Å². The molecular weight excluding hydrogens is 441 g/mol. The first-order valence-corrected chi connectivity index (χ1v) is 10.00. The molecular formula is C19H15F3N2O6S. The highest BCUT2D eigenvalue weighted by Gasteiger charge is 2.35. The van der Waals surface area contributed by atoms with Crippen LogP contribution in [0.2, 0.25) is 0 Å². The van der Waals surface area contributed by atoms with Crippen molar-refractivity contribution in [2.75, 3.05) is 0 Å². The lowest BCUT2D eigenvalue weighted by atomic mass is 10.1. The molecule has 0 bridgehead atoms. The van der Waals surface area contributed by atoms with E-state index in [9.17, 15) is 36.3 Å². The molecule has 3 N–H and O–H groups in total. The summed E-state index contributed by atoms with van der Waals surface area (Å²) < 4.78 is 70.8. The Balaban J connectivity index is 2.16. The number of hydrogen-bond donors (Lipinski definition) is 2. The standard InChI is InChI=1S/C19H15F3N2O6S/c20-19(21,22)14-9-16(25)24(18(27)17(23)26)15-7-6-12(8-13(14)15)31(28,29)30-10-11-4-2-1-3-5-11/h1-9,18,27H,10H2,(H2,23,26). The van der Waals surface area contributed by atoms with E-state index in [4.69, 9.17) is 9.92 Å². The number of rotatable bonds is 6. The van der Waals surface area contributed by atoms with Crippen LogP contribution in [0.15, 0.2) is 64.3 Å². The van der Waals surface area contributed by atoms with Crippen molar-refractivity contribution in [2.45, 2.75) is 23.9 Å². The number of nitrogens with two attached hydrogens (primary N) is 1. The first-order chi connectivity index (χ1) is 14.4. The van der Waals surface area contributed by atoms with E-state index in [0.717, 1.165) is 12.1 Å². The zero-order valence-corrected chi connectivity index (χ0v) is 16.4. The minimum Gasteiger partial charge on any atom is -0.366 e. The molecule has 0 saturated carbocycles. The maximum Gasteiger partial charge on any atom is 0.417 e. The van der Waals surface area contributed by atoms with Crippen molar-refractivity contribution >= 4 is 26.9 Å². The van der Waals surface area contributed by atoms with Crippen molar-refractivity contribution in [3.63, 3.8) is 0 Å². The fourth-order valence-electron chi connectivity index (χ4n) is 2.89. The monoisotopic (exact) mass is 456 g/mol. The van der Waals surface area contributed by atoms with Gasteiger partial charge < -0.3 is 10.8 Å². The second-order valence-corrected chi connectivity index (χ2v) is 8.04. The predicted molar refractivity (Wildman–Crippen MR) is 102 cm³/mol. The van der Waals surface area contributed by atoms with Gasteiger partial charge in [-0.25, -0.2) is 0 Å². The van der Waals surface area contributed by atoms with Gasteiger partial charge in [0.25, 0.3) is 21.6 Å². The molecule has 12 heteroatoms. The second-order valence-electron chi connectivity index (χ2n) is 6.42. The topological polar surface area (TPSA) is 129 Å². The zero-order valence-electron chi connectivity index (χ0n) is 15.5. The quantitative estimate of drug-likeness (QED) is 0.545. The van der Waals surface area contributed by atoms with Crippen LogP contribution >= 0.6 is 0 Å². The Labute approximate surface area is 173 Å². The molecule has 164 valence electrons. The van der Waals surface area contributed by atoms with E-state index in [-0.39, 0.29) is 12.7 Å². The highest BCUT2D eigenvalue weighted by atomic mass is 32.2. The molecule has 0 aliphatic rings. The maximum absolute atomic E-state index is 13.5. The Morgan fingerprint density at radius 2 is 1.77 bits per heavy atom. The number of amides is 1. The van der Waals surface area contributed by atoms with E-state index >= 15 is 0 Å². The van der Waals surface area contributed by atoms with Crippen molar-refractivity contribution in [3.05, 3.63) is 76.1 Å². The summed E-state index contributed by atoms with van der Waals surface area (Å²) >= 11 is 0. The zero-order chi connectivity index (χ0) is 23.0. The summed E-state index contributed by atoms with van der Waals surface area (Å²) in [6.07, 6.45) is -7.28. The van der Waals surface area contributed by atoms with E-state index in [1.165, 1.54) is 0 Å². The van der Waals surface area contributed by atoms with Crippen LogP contribution in [0.4, 0.5) is 13.2 Å². The molecule has 1 atom stereocenters. The number of primary amides is 1. The van der Waals surface area contributed by atoms with Gasteiger partial charge in [-0.2, -0.15) is 21.6 Å². The van der Waals surface area contributed by atoms with Crippen LogP contribution in [0.25, 0.3) is 10.9 Å². The van der Waals surface area contributed by atoms with Crippen LogP contribution < -0.4 is 11.3 Å². The summed E-state index contributed by atoms with van der Waals surface area (Å²) in [6.45, 7) is -0.354. The molecule has 1 aromatic heterocycles. The van der Waals surface area contributed by atoms with Gasteiger partial charge in [0, 0.05) is 11.5 Å². The lowest BCUT2D eigenvalue weighted by Gasteiger charge is -2.18. The number of carbonyl (C=O) groups is 1. The van der Waals surface area contributed by atoms with E-state index < -0.39 is 55.4 Å². The molecule has 31 heavy (non-hydrogen) atoms. The number of hydrogen-bond acceptors (Lipinski definition) is 6. The fraction of sp³-hybridized carbons (Fsp3) is 0.158. The van der Waals surface area contributed by atoms with Gasteiger partial charge in [-0.15, -0.1) is 0 Å². The molecule has 0 radical (unpaired) electrons. The van der Waals surface area contributed by atoms with E-state index in [1.807, 2.05) is 0 Å². The number of pyridine rings is 1. The lowest BCUT2D eigenvalue weighted by molar-refractivity contribution is -0.136. The van der Waals surface area contributed by atoms with E-state index in [0.29, 0.717) is 16.2 Å². The van der Waals surface area contributed by atoms with Crippen LogP contribution in [0.5, 0.6) is 0 Å². The number of nitrogens with zero attached hydrogens (tertiary/aromatic N) is 1. The third-order valence-corrected chi connectivity index (χ3v) is 5.60. The molecule has 2 aromatic carbocycles. The summed E-state index contributed by atoms with van der Waals surface area (Å²) in [5, 5.41) is 9.13. The maximum atomic E-state index is 13.5. The number of benzene rings is 2. The molecule has 0 spiro atoms. The van der Waals surface area contributed by atoms with Gasteiger partial charge in [-0.05, 0) is 23.8 Å². The number of fused-ring (bicyclic) bond motifs is 1. The molecule has 0 aliphatic heterocycles. The highest BCUT2D eigenvalue weighted by Crippen LogP contribution is 2.35. The first kappa shape index (κ1) is 22.5. The number of aliphatic hydroxyl groups is 1. The molecule has 0 aliphatic carbocycles. The molecule has 1 heterocycles. The Morgan fingerprint density at radius 3 is 2.35 bits per heavy atom. The number of aromatic nitrogens is 1. The van der Waals surface area contributed by atoms with Crippen LogP contribution in [-0.4, -0.2) is 24.0 Å². The predicted octanol–water partition coefficient (Wildman–Crippen LogP) is 1.90. The van der Waals surface area contributed by atoms with Crippen LogP contribution in [0.1, 0.15) is 17.4 Å². The average Bonchev–Trinajstić information content (AvgIpc) is 2.71. The average molecular weight is 456 g/mol. The molecule has 1 unspecified atom stereocenters. The molecule has 8 nitrogen and oxygen atoms in total. The number of alkyl halides is 3. The minimum atomic E-state index is -5.03. The summed E-state index contributed by atoms with van der Waals surface area (Å²) in [6, 6.07) is 10.8. The van der Waals surface area contributed by atoms with E-state index in [2.05, 4.69) is 0 Å². The van der Waals surface area contributed by atoms with E-state index in [1.54, 1.807) is 30.3 Å². The van der Waals surface area contributed by atoms with Crippen molar-refractivity contribution in [1.29, 1.82) is 0 Å². The number of aliphatic hydroxyl groups excluding tert-OH is 1. The van der Waals surface area contributed by atoms with Gasteiger partial charge in [-0.1, -0.05) is 30.3 Å². The highest BCUT2D eigenvalue weighted by molar-refractivity contribution is 7.86. The summed E-state index contributed by atoms with van der Waals surface area (Å²) in [5.41, 5.74) is 2.15. The smallest absolute Gasteiger partial charge is 0.366 e. The van der Waals surface area contributed by atoms with Crippen molar-refractivity contribution in [3.8, 4) is 0 Å². The van der Waals surface area contributed by atoms with Crippen LogP contribution in [-0.2, 0) is 31.9 Å². The van der Waals surface area contributed by atoms with Gasteiger partial charge in [0.2, 0.25) is 6.23 Å². The Bertz CT molecular complexity index is 1300. The van der Waals surface area contributed by atoms with Crippen molar-refractivity contribution in [1.82, 2.24) is 4.57 Å². The van der Waals surface area contributed by atoms with Crippen LogP contribution in [0.3, 0.4) is 0 Å². The molecule has 0 fully saturated rings. The SMILES string of the molecule is NC(=O)C(O)n1c(=O)cc(C(F)(F)F)c2cc(S(=O)(=O)OCc3ccccc3)ccc21. The van der Waals surface area contributed by atoms with Gasteiger partial charge in [-0.3, -0.25) is 18.3 Å². The molecule has 1 amide bonds. The summed E-state index contributed by atoms with van der Waals surface area (Å²) in [4.78, 5) is 22.8. The summed E-state index contributed by atoms with van der Waals surface area (Å²) in [7, 11) is -4.48. The number of halogens is 3. The largest absolute Gasteiger partial charge is 0.417 e. The number of carbonyl (C=O) groups excluding carboxylic acids is 1. The minimum absolute atomic E-state index is 0.149. The lowest BCUT2D eigenvalue weighted by Crippen LogP contribution is -2.34. The second kappa shape index (κ2) is 8.13.